The van der Waals surface area contributed by atoms with Crippen LogP contribution in [0.5, 0.6) is 0 Å². The molecule has 2 heteroatoms. The molecule has 0 aliphatic rings. The molecule has 0 amide bonds. The molecule has 3 aromatic rings. The van der Waals surface area contributed by atoms with Gasteiger partial charge in [0, 0.05) is 18.8 Å². The number of anilines is 1. The molecule has 0 bridgehead atoms. The summed E-state index contributed by atoms with van der Waals surface area (Å²) in [6.45, 7) is 6.41. The van der Waals surface area contributed by atoms with Crippen LogP contribution in [0.3, 0.4) is 0 Å². The number of benzene rings is 3. The zero-order chi connectivity index (χ0) is 18.4. The second kappa shape index (κ2) is 8.36. The second-order valence-electron chi connectivity index (χ2n) is 6.33. The van der Waals surface area contributed by atoms with Gasteiger partial charge in [-0.2, -0.15) is 5.26 Å². The number of nitriles is 1. The Morgan fingerprint density at radius 3 is 2.15 bits per heavy atom. The Morgan fingerprint density at radius 1 is 0.808 bits per heavy atom. The van der Waals surface area contributed by atoms with Gasteiger partial charge in [0.05, 0.1) is 11.6 Å². The molecule has 0 radical (unpaired) electrons. The van der Waals surface area contributed by atoms with Crippen molar-refractivity contribution in [2.45, 2.75) is 20.3 Å². The van der Waals surface area contributed by atoms with Crippen molar-refractivity contribution >= 4 is 5.69 Å². The van der Waals surface area contributed by atoms with Crippen molar-refractivity contribution in [1.29, 1.82) is 5.26 Å². The highest BCUT2D eigenvalue weighted by Crippen LogP contribution is 2.26. The molecule has 3 rings (SSSR count). The van der Waals surface area contributed by atoms with Gasteiger partial charge in [0.25, 0.3) is 0 Å². The lowest BCUT2D eigenvalue weighted by Gasteiger charge is -2.24. The average Bonchev–Trinajstić information content (AvgIpc) is 2.71. The number of rotatable bonds is 6. The van der Waals surface area contributed by atoms with E-state index in [0.717, 1.165) is 30.6 Å². The molecule has 0 unspecified atom stereocenters. The van der Waals surface area contributed by atoms with E-state index in [4.69, 9.17) is 0 Å². The first-order valence-corrected chi connectivity index (χ1v) is 9.18. The smallest absolute Gasteiger partial charge is 0.0998 e. The van der Waals surface area contributed by atoms with Gasteiger partial charge >= 0.3 is 0 Å². The van der Waals surface area contributed by atoms with Crippen LogP contribution in [0, 0.1) is 11.3 Å². The quantitative estimate of drug-likeness (QED) is 0.579. The molecule has 0 heterocycles. The van der Waals surface area contributed by atoms with Crippen LogP contribution in [0.2, 0.25) is 0 Å². The average molecular weight is 340 g/mol. The zero-order valence-electron chi connectivity index (χ0n) is 15.4. The Morgan fingerprint density at radius 2 is 1.46 bits per heavy atom. The van der Waals surface area contributed by atoms with Crippen molar-refractivity contribution in [3.05, 3.63) is 89.5 Å². The van der Waals surface area contributed by atoms with Gasteiger partial charge in [0.1, 0.15) is 0 Å². The van der Waals surface area contributed by atoms with Crippen LogP contribution in [0.25, 0.3) is 11.1 Å². The predicted octanol–water partition coefficient (Wildman–Crippen LogP) is 5.66. The molecule has 0 atom stereocenters. The summed E-state index contributed by atoms with van der Waals surface area (Å²) in [7, 11) is 0. The molecule has 0 aliphatic heterocycles. The third-order valence-electron chi connectivity index (χ3n) is 4.80. The van der Waals surface area contributed by atoms with Crippen LogP contribution >= 0.6 is 0 Å². The van der Waals surface area contributed by atoms with E-state index in [0.29, 0.717) is 5.56 Å². The summed E-state index contributed by atoms with van der Waals surface area (Å²) in [5.74, 6) is 0. The maximum absolute atomic E-state index is 9.30. The summed E-state index contributed by atoms with van der Waals surface area (Å²) in [5.41, 5.74) is 6.74. The van der Waals surface area contributed by atoms with Gasteiger partial charge in [-0.1, -0.05) is 60.7 Å². The van der Waals surface area contributed by atoms with Crippen molar-refractivity contribution in [1.82, 2.24) is 0 Å². The number of hydrogen-bond donors (Lipinski definition) is 0. The highest BCUT2D eigenvalue weighted by atomic mass is 15.1. The lowest BCUT2D eigenvalue weighted by atomic mass is 9.97. The summed E-state index contributed by atoms with van der Waals surface area (Å²) in [6.07, 6.45) is 0.910. The molecule has 0 aromatic heterocycles. The van der Waals surface area contributed by atoms with Crippen LogP contribution in [0.1, 0.15) is 30.5 Å². The lowest BCUT2D eigenvalue weighted by Crippen LogP contribution is -2.23. The Labute approximate surface area is 156 Å². The van der Waals surface area contributed by atoms with Crippen molar-refractivity contribution in [3.8, 4) is 17.2 Å². The van der Waals surface area contributed by atoms with Gasteiger partial charge in [-0.3, -0.25) is 0 Å². The summed E-state index contributed by atoms with van der Waals surface area (Å²) in [4.78, 5) is 2.40. The lowest BCUT2D eigenvalue weighted by molar-refractivity contribution is 0.858. The van der Waals surface area contributed by atoms with Crippen LogP contribution < -0.4 is 4.90 Å². The van der Waals surface area contributed by atoms with Gasteiger partial charge in [0.2, 0.25) is 0 Å². The van der Waals surface area contributed by atoms with Gasteiger partial charge in [-0.15, -0.1) is 0 Å². The normalized spacial score (nSPS) is 10.3. The Hall–Kier alpha value is -3.05. The molecule has 3 aromatic carbocycles. The standard InChI is InChI=1S/C24H24N2/c1-3-26(4-2)24-12-8-6-9-21(24)17-19-13-15-20(16-14-19)23-11-7-5-10-22(23)18-25/h5-16H,3-4,17H2,1-2H3. The maximum atomic E-state index is 9.30. The molecule has 0 N–H and O–H groups in total. The van der Waals surface area contributed by atoms with Crippen molar-refractivity contribution in [2.75, 3.05) is 18.0 Å². The van der Waals surface area contributed by atoms with Crippen LogP contribution in [0.15, 0.2) is 72.8 Å². The first-order chi connectivity index (χ1) is 12.8. The minimum absolute atomic E-state index is 0.715. The van der Waals surface area contributed by atoms with E-state index in [2.05, 4.69) is 73.3 Å². The Balaban J connectivity index is 1.86. The first-order valence-electron chi connectivity index (χ1n) is 9.18. The summed E-state index contributed by atoms with van der Waals surface area (Å²) in [5, 5.41) is 9.30. The monoisotopic (exact) mass is 340 g/mol. The van der Waals surface area contributed by atoms with Crippen LogP contribution in [-0.4, -0.2) is 13.1 Å². The topological polar surface area (TPSA) is 27.0 Å². The number of para-hydroxylation sites is 1. The van der Waals surface area contributed by atoms with E-state index in [1.54, 1.807) is 0 Å². The fourth-order valence-electron chi connectivity index (χ4n) is 3.39. The van der Waals surface area contributed by atoms with Crippen LogP contribution in [-0.2, 0) is 6.42 Å². The van der Waals surface area contributed by atoms with E-state index < -0.39 is 0 Å². The minimum Gasteiger partial charge on any atom is -0.372 e. The fourth-order valence-corrected chi connectivity index (χ4v) is 3.39. The van der Waals surface area contributed by atoms with E-state index in [1.807, 2.05) is 24.3 Å². The van der Waals surface area contributed by atoms with E-state index >= 15 is 0 Å². The molecular formula is C24H24N2. The first kappa shape index (κ1) is 17.8. The van der Waals surface area contributed by atoms with Crippen molar-refractivity contribution in [2.24, 2.45) is 0 Å². The van der Waals surface area contributed by atoms with Gasteiger partial charge in [0.15, 0.2) is 0 Å². The van der Waals surface area contributed by atoms with Gasteiger partial charge < -0.3 is 4.90 Å². The Kier molecular flexibility index (Phi) is 5.71. The molecule has 0 saturated carbocycles. The van der Waals surface area contributed by atoms with Crippen molar-refractivity contribution in [3.63, 3.8) is 0 Å². The largest absolute Gasteiger partial charge is 0.372 e. The molecular weight excluding hydrogens is 316 g/mol. The third-order valence-corrected chi connectivity index (χ3v) is 4.80. The SMILES string of the molecule is CCN(CC)c1ccccc1Cc1ccc(-c2ccccc2C#N)cc1. The predicted molar refractivity (Wildman–Crippen MR) is 109 cm³/mol. The highest BCUT2D eigenvalue weighted by molar-refractivity contribution is 5.70. The summed E-state index contributed by atoms with van der Waals surface area (Å²) >= 11 is 0. The van der Waals surface area contributed by atoms with Crippen molar-refractivity contribution < 1.29 is 0 Å². The molecule has 0 aliphatic carbocycles. The Bertz CT molecular complexity index is 900. The zero-order valence-corrected chi connectivity index (χ0v) is 15.4. The van der Waals surface area contributed by atoms with Crippen LogP contribution in [0.4, 0.5) is 5.69 Å². The minimum atomic E-state index is 0.715. The highest BCUT2D eigenvalue weighted by Gasteiger charge is 2.09. The van der Waals surface area contributed by atoms with E-state index in [9.17, 15) is 5.26 Å². The van der Waals surface area contributed by atoms with Gasteiger partial charge in [-0.05, 0) is 54.7 Å². The number of hydrogen-bond acceptors (Lipinski definition) is 2. The van der Waals surface area contributed by atoms with E-state index in [1.165, 1.54) is 16.8 Å². The maximum Gasteiger partial charge on any atom is 0.0998 e. The molecule has 130 valence electrons. The molecule has 0 saturated heterocycles. The van der Waals surface area contributed by atoms with E-state index in [-0.39, 0.29) is 0 Å². The second-order valence-corrected chi connectivity index (χ2v) is 6.33. The molecule has 0 spiro atoms. The molecule has 2 nitrogen and oxygen atoms in total. The third kappa shape index (κ3) is 3.78. The number of nitrogens with zero attached hydrogens (tertiary/aromatic N) is 2. The summed E-state index contributed by atoms with van der Waals surface area (Å²) < 4.78 is 0. The molecule has 26 heavy (non-hydrogen) atoms. The van der Waals surface area contributed by atoms with Gasteiger partial charge in [-0.25, -0.2) is 0 Å². The fraction of sp³-hybridized carbons (Fsp3) is 0.208. The molecule has 0 fully saturated rings. The summed E-state index contributed by atoms with van der Waals surface area (Å²) in [6, 6.07) is 27.2.